The van der Waals surface area contributed by atoms with Gasteiger partial charge in [0.05, 0.1) is 6.42 Å². The summed E-state index contributed by atoms with van der Waals surface area (Å²) in [7, 11) is 0. The molecule has 6 nitrogen and oxygen atoms in total. The lowest BCUT2D eigenvalue weighted by atomic mass is 10.0. The van der Waals surface area contributed by atoms with E-state index in [0.717, 1.165) is 68.6 Å². The molecule has 2 aromatic rings. The predicted octanol–water partition coefficient (Wildman–Crippen LogP) is 4.13. The van der Waals surface area contributed by atoms with Crippen molar-refractivity contribution in [3.05, 3.63) is 59.3 Å². The van der Waals surface area contributed by atoms with Gasteiger partial charge in [-0.25, -0.2) is 9.78 Å². The average molecular weight is 424 g/mol. The Morgan fingerprint density at radius 3 is 2.61 bits per heavy atom. The molecule has 1 aliphatic heterocycles. The average Bonchev–Trinajstić information content (AvgIpc) is 2.78. The van der Waals surface area contributed by atoms with Crippen molar-refractivity contribution in [2.24, 2.45) is 0 Å². The summed E-state index contributed by atoms with van der Waals surface area (Å²) in [5.74, 6) is -0.156. The van der Waals surface area contributed by atoms with Crippen LogP contribution in [-0.4, -0.2) is 34.6 Å². The minimum atomic E-state index is -0.964. The number of nitrogens with zero attached hydrogens (tertiary/aromatic N) is 1. The lowest BCUT2D eigenvalue weighted by molar-refractivity contribution is -0.142. The topological polar surface area (TPSA) is 91.3 Å². The number of anilines is 1. The lowest BCUT2D eigenvalue weighted by Crippen LogP contribution is -2.41. The molecule has 3 N–H and O–H groups in total. The van der Waals surface area contributed by atoms with Gasteiger partial charge in [0.15, 0.2) is 0 Å². The van der Waals surface area contributed by atoms with Crippen molar-refractivity contribution in [3.8, 4) is 0 Å². The molecule has 0 bridgehead atoms. The van der Waals surface area contributed by atoms with Gasteiger partial charge in [-0.15, -0.1) is 0 Å². The highest BCUT2D eigenvalue weighted by Crippen LogP contribution is 2.20. The number of carbonyl (C=O) groups is 2. The number of aryl methyl sites for hydroxylation is 2. The lowest BCUT2D eigenvalue weighted by Gasteiger charge is -2.17. The molecule has 1 aromatic heterocycles. The number of amides is 1. The number of pyridine rings is 1. The van der Waals surface area contributed by atoms with E-state index in [9.17, 15) is 14.7 Å². The number of aliphatic carboxylic acids is 1. The van der Waals surface area contributed by atoms with E-state index in [2.05, 4.69) is 22.8 Å². The molecule has 0 fully saturated rings. The third-order valence-corrected chi connectivity index (χ3v) is 5.72. The highest BCUT2D eigenvalue weighted by atomic mass is 16.4. The SMILES string of the molecule is O=C(Cc1ccccc1)N[C@@H](CCCCCCCc1ccc2c(n1)NCCC2)C(=O)O. The van der Waals surface area contributed by atoms with E-state index in [0.29, 0.717) is 6.42 Å². The van der Waals surface area contributed by atoms with Gasteiger partial charge in [-0.2, -0.15) is 0 Å². The third-order valence-electron chi connectivity index (χ3n) is 5.72. The van der Waals surface area contributed by atoms with Crippen molar-refractivity contribution in [3.63, 3.8) is 0 Å². The van der Waals surface area contributed by atoms with Crippen LogP contribution in [-0.2, 0) is 28.9 Å². The molecule has 0 unspecified atom stereocenters. The summed E-state index contributed by atoms with van der Waals surface area (Å²) in [6, 6.07) is 12.9. The molecule has 0 spiro atoms. The van der Waals surface area contributed by atoms with Gasteiger partial charge in [0.25, 0.3) is 0 Å². The van der Waals surface area contributed by atoms with Crippen molar-refractivity contribution >= 4 is 17.7 Å². The molecule has 1 aliphatic rings. The summed E-state index contributed by atoms with van der Waals surface area (Å²) in [4.78, 5) is 28.4. The molecule has 1 amide bonds. The Labute approximate surface area is 184 Å². The third kappa shape index (κ3) is 7.70. The number of fused-ring (bicyclic) bond motifs is 1. The quantitative estimate of drug-likeness (QED) is 0.447. The highest BCUT2D eigenvalue weighted by Gasteiger charge is 2.19. The van der Waals surface area contributed by atoms with Crippen molar-refractivity contribution in [2.45, 2.75) is 70.3 Å². The van der Waals surface area contributed by atoms with Crippen LogP contribution >= 0.6 is 0 Å². The van der Waals surface area contributed by atoms with Crippen LogP contribution in [0.5, 0.6) is 0 Å². The first-order valence-electron chi connectivity index (χ1n) is 11.4. The number of rotatable bonds is 12. The van der Waals surface area contributed by atoms with E-state index >= 15 is 0 Å². The van der Waals surface area contributed by atoms with Crippen LogP contribution in [0.2, 0.25) is 0 Å². The Kier molecular flexibility index (Phi) is 8.88. The zero-order valence-electron chi connectivity index (χ0n) is 18.1. The van der Waals surface area contributed by atoms with Crippen molar-refractivity contribution < 1.29 is 14.7 Å². The summed E-state index contributed by atoms with van der Waals surface area (Å²) in [5.41, 5.74) is 3.34. The molecule has 0 saturated carbocycles. The first-order chi connectivity index (χ1) is 15.1. The molecule has 31 heavy (non-hydrogen) atoms. The fourth-order valence-corrected chi connectivity index (χ4v) is 3.98. The van der Waals surface area contributed by atoms with Crippen LogP contribution in [0.4, 0.5) is 5.82 Å². The number of hydrogen-bond acceptors (Lipinski definition) is 4. The summed E-state index contributed by atoms with van der Waals surface area (Å²) >= 11 is 0. The second kappa shape index (κ2) is 12.1. The second-order valence-electron chi connectivity index (χ2n) is 8.27. The molecule has 2 heterocycles. The Hall–Kier alpha value is -2.89. The minimum Gasteiger partial charge on any atom is -0.480 e. The van der Waals surface area contributed by atoms with Gasteiger partial charge in [0.1, 0.15) is 11.9 Å². The van der Waals surface area contributed by atoms with Crippen LogP contribution in [0.3, 0.4) is 0 Å². The van der Waals surface area contributed by atoms with E-state index in [1.54, 1.807) is 0 Å². The molecule has 0 saturated heterocycles. The summed E-state index contributed by atoms with van der Waals surface area (Å²) in [6.07, 6.45) is 8.95. The van der Waals surface area contributed by atoms with Gasteiger partial charge >= 0.3 is 5.97 Å². The maximum Gasteiger partial charge on any atom is 0.326 e. The van der Waals surface area contributed by atoms with E-state index in [4.69, 9.17) is 4.98 Å². The van der Waals surface area contributed by atoms with Crippen LogP contribution < -0.4 is 10.6 Å². The number of nitrogens with one attached hydrogen (secondary N) is 2. The number of hydrogen-bond donors (Lipinski definition) is 3. The van der Waals surface area contributed by atoms with E-state index < -0.39 is 12.0 Å². The van der Waals surface area contributed by atoms with Crippen LogP contribution in [0.15, 0.2) is 42.5 Å². The van der Waals surface area contributed by atoms with Crippen LogP contribution in [0, 0.1) is 0 Å². The normalized spacial score (nSPS) is 13.7. The highest BCUT2D eigenvalue weighted by molar-refractivity contribution is 5.84. The zero-order valence-corrected chi connectivity index (χ0v) is 18.1. The molecule has 166 valence electrons. The van der Waals surface area contributed by atoms with E-state index in [1.807, 2.05) is 30.3 Å². The van der Waals surface area contributed by atoms with Gasteiger partial charge in [-0.05, 0) is 49.3 Å². The minimum absolute atomic E-state index is 0.205. The summed E-state index contributed by atoms with van der Waals surface area (Å²) in [5, 5.41) is 15.5. The molecule has 0 radical (unpaired) electrons. The van der Waals surface area contributed by atoms with Crippen molar-refractivity contribution in [2.75, 3.05) is 11.9 Å². The molecular weight excluding hydrogens is 390 g/mol. The van der Waals surface area contributed by atoms with Crippen molar-refractivity contribution in [1.29, 1.82) is 0 Å². The van der Waals surface area contributed by atoms with Gasteiger partial charge in [0, 0.05) is 12.2 Å². The Morgan fingerprint density at radius 2 is 1.81 bits per heavy atom. The maximum absolute atomic E-state index is 12.1. The second-order valence-corrected chi connectivity index (χ2v) is 8.27. The fraction of sp³-hybridized carbons (Fsp3) is 0.480. The van der Waals surface area contributed by atoms with Crippen LogP contribution in [0.1, 0.15) is 61.8 Å². The zero-order chi connectivity index (χ0) is 21.9. The first kappa shape index (κ1) is 22.8. The molecule has 6 heteroatoms. The Balaban J connectivity index is 1.29. The van der Waals surface area contributed by atoms with Crippen molar-refractivity contribution in [1.82, 2.24) is 10.3 Å². The molecule has 0 aliphatic carbocycles. The number of benzene rings is 1. The number of carbonyl (C=O) groups excluding carboxylic acids is 1. The smallest absolute Gasteiger partial charge is 0.326 e. The number of carboxylic acids is 1. The molecular formula is C25H33N3O3. The number of aromatic nitrogens is 1. The number of unbranched alkanes of at least 4 members (excludes halogenated alkanes) is 4. The first-order valence-corrected chi connectivity index (χ1v) is 11.4. The molecule has 3 rings (SSSR count). The number of carboxylic acid groups (broad SMARTS) is 1. The Bertz CT molecular complexity index is 854. The molecule has 1 aromatic carbocycles. The maximum atomic E-state index is 12.1. The monoisotopic (exact) mass is 423 g/mol. The Morgan fingerprint density at radius 1 is 1.03 bits per heavy atom. The summed E-state index contributed by atoms with van der Waals surface area (Å²) < 4.78 is 0. The predicted molar refractivity (Wildman–Crippen MR) is 122 cm³/mol. The standard InChI is InChI=1S/C25H33N3O3/c29-23(18-19-10-5-4-6-11-19)28-22(25(30)31)14-8-3-1-2-7-13-21-16-15-20-12-9-17-26-24(20)27-21/h4-6,10-11,15-16,22H,1-3,7-9,12-14,17-18H2,(H,26,27)(H,28,29)(H,30,31)/t22-/m0/s1. The van der Waals surface area contributed by atoms with Gasteiger partial charge in [-0.1, -0.05) is 62.1 Å². The largest absolute Gasteiger partial charge is 0.480 e. The van der Waals surface area contributed by atoms with Crippen LogP contribution in [0.25, 0.3) is 0 Å². The molecule has 1 atom stereocenters. The van der Waals surface area contributed by atoms with E-state index in [-0.39, 0.29) is 12.3 Å². The summed E-state index contributed by atoms with van der Waals surface area (Å²) in [6.45, 7) is 1.01. The fourth-order valence-electron chi connectivity index (χ4n) is 3.98. The van der Waals surface area contributed by atoms with Gasteiger partial charge < -0.3 is 15.7 Å². The van der Waals surface area contributed by atoms with E-state index in [1.165, 1.54) is 12.0 Å². The van der Waals surface area contributed by atoms with Gasteiger partial charge in [-0.3, -0.25) is 4.79 Å². The van der Waals surface area contributed by atoms with Gasteiger partial charge in [0.2, 0.25) is 5.91 Å².